The van der Waals surface area contributed by atoms with Gasteiger partial charge >= 0.3 is 5.97 Å². The van der Waals surface area contributed by atoms with E-state index < -0.39 is 23.8 Å². The smallest absolute Gasteiger partial charge is 0.334 e. The molecule has 0 spiro atoms. The minimum absolute atomic E-state index is 0.114. The Kier molecular flexibility index (Phi) is 6.67. The van der Waals surface area contributed by atoms with Crippen molar-refractivity contribution in [1.82, 2.24) is 4.90 Å². The summed E-state index contributed by atoms with van der Waals surface area (Å²) in [4.78, 5) is 39.1. The highest BCUT2D eigenvalue weighted by Gasteiger charge is 2.41. The molecule has 0 radical (unpaired) electrons. The topological polar surface area (TPSA) is 96.7 Å². The van der Waals surface area contributed by atoms with Crippen molar-refractivity contribution >= 4 is 41.0 Å². The van der Waals surface area contributed by atoms with Gasteiger partial charge in [-0.1, -0.05) is 41.9 Å². The summed E-state index contributed by atoms with van der Waals surface area (Å²) in [7, 11) is 1.41. The number of nitrogens with zero attached hydrogens (tertiary/aromatic N) is 2. The normalized spacial score (nSPS) is 13.8. The number of methoxy groups -OCH3 is 1. The molecule has 8 heteroatoms. The number of halogens is 1. The summed E-state index contributed by atoms with van der Waals surface area (Å²) in [6.07, 6.45) is 1.67. The molecule has 7 nitrogen and oxygen atoms in total. The number of nitriles is 1. The van der Waals surface area contributed by atoms with E-state index in [0.717, 1.165) is 4.90 Å². The van der Waals surface area contributed by atoms with Crippen molar-refractivity contribution in [2.75, 3.05) is 7.11 Å². The van der Waals surface area contributed by atoms with Crippen LogP contribution in [0.5, 0.6) is 11.5 Å². The van der Waals surface area contributed by atoms with Crippen LogP contribution in [-0.4, -0.2) is 35.8 Å². The van der Waals surface area contributed by atoms with E-state index in [-0.39, 0.29) is 22.6 Å². The summed E-state index contributed by atoms with van der Waals surface area (Å²) in [5.41, 5.74) is 2.25. The third-order valence-corrected chi connectivity index (χ3v) is 5.79. The third-order valence-electron chi connectivity index (χ3n) is 5.54. The maximum atomic E-state index is 12.8. The summed E-state index contributed by atoms with van der Waals surface area (Å²) in [5.74, 6) is -1.53. The molecule has 0 N–H and O–H groups in total. The number of benzene rings is 3. The average Bonchev–Trinajstić information content (AvgIpc) is 3.13. The van der Waals surface area contributed by atoms with Gasteiger partial charge in [-0.05, 0) is 60.5 Å². The molecule has 35 heavy (non-hydrogen) atoms. The second kappa shape index (κ2) is 9.84. The molecule has 0 fully saturated rings. The molecule has 2 amide bonds. The molecule has 3 aromatic carbocycles. The fourth-order valence-electron chi connectivity index (χ4n) is 3.69. The van der Waals surface area contributed by atoms with Crippen LogP contribution in [0.4, 0.5) is 0 Å². The molecule has 1 aliphatic heterocycles. The highest BCUT2D eigenvalue weighted by Crippen LogP contribution is 2.31. The molecule has 0 bridgehead atoms. The number of carbonyl (C=O) groups excluding carboxylic acids is 3. The lowest BCUT2D eigenvalue weighted by molar-refractivity contribution is -0.138. The number of imide groups is 1. The van der Waals surface area contributed by atoms with Gasteiger partial charge in [0.25, 0.3) is 11.8 Å². The van der Waals surface area contributed by atoms with Crippen LogP contribution in [0.3, 0.4) is 0 Å². The van der Waals surface area contributed by atoms with Crippen LogP contribution in [0.1, 0.15) is 38.8 Å². The highest BCUT2D eigenvalue weighted by molar-refractivity contribution is 6.30. The standard InChI is InChI=1S/C27H19ClN2O5/c1-16(30-25(31)21-5-3-4-6-22(21)26(30)32)27(33)35-23-12-7-17(14-24(23)34-2)13-19(15-29)18-8-10-20(28)11-9-18/h3-14,16H,1-2H3/b19-13-. The summed E-state index contributed by atoms with van der Waals surface area (Å²) < 4.78 is 10.8. The van der Waals surface area contributed by atoms with Gasteiger partial charge in [0.1, 0.15) is 6.04 Å². The quantitative estimate of drug-likeness (QED) is 0.160. The summed E-state index contributed by atoms with van der Waals surface area (Å²) in [6.45, 7) is 1.43. The molecule has 174 valence electrons. The Bertz CT molecular complexity index is 1370. The molecule has 0 saturated carbocycles. The first-order valence-corrected chi connectivity index (χ1v) is 11.0. The molecular formula is C27H19ClN2O5. The van der Waals surface area contributed by atoms with Gasteiger partial charge in [0.15, 0.2) is 11.5 Å². The van der Waals surface area contributed by atoms with Gasteiger partial charge in [-0.3, -0.25) is 14.5 Å². The van der Waals surface area contributed by atoms with Crippen molar-refractivity contribution in [2.45, 2.75) is 13.0 Å². The molecular weight excluding hydrogens is 468 g/mol. The zero-order valence-electron chi connectivity index (χ0n) is 18.8. The minimum Gasteiger partial charge on any atom is -0.493 e. The number of hydrogen-bond acceptors (Lipinski definition) is 6. The van der Waals surface area contributed by atoms with Crippen LogP contribution in [0.2, 0.25) is 5.02 Å². The van der Waals surface area contributed by atoms with Gasteiger partial charge in [0, 0.05) is 5.02 Å². The summed E-state index contributed by atoms with van der Waals surface area (Å²) in [5, 5.41) is 10.1. The molecule has 4 rings (SSSR count). The lowest BCUT2D eigenvalue weighted by Gasteiger charge is -2.21. The van der Waals surface area contributed by atoms with E-state index in [4.69, 9.17) is 21.1 Å². The van der Waals surface area contributed by atoms with Crippen molar-refractivity contribution in [3.63, 3.8) is 0 Å². The van der Waals surface area contributed by atoms with Gasteiger partial charge in [0.2, 0.25) is 0 Å². The van der Waals surface area contributed by atoms with E-state index in [0.29, 0.717) is 21.7 Å². The largest absolute Gasteiger partial charge is 0.493 e. The number of esters is 1. The van der Waals surface area contributed by atoms with Crippen LogP contribution >= 0.6 is 11.6 Å². The number of carbonyl (C=O) groups is 3. The Labute approximate surface area is 206 Å². The first-order valence-electron chi connectivity index (χ1n) is 10.6. The number of ether oxygens (including phenoxy) is 2. The van der Waals surface area contributed by atoms with Gasteiger partial charge in [-0.15, -0.1) is 0 Å². The lowest BCUT2D eigenvalue weighted by Crippen LogP contribution is -2.44. The Morgan fingerprint density at radius 2 is 1.63 bits per heavy atom. The zero-order chi connectivity index (χ0) is 25.1. The van der Waals surface area contributed by atoms with Crippen LogP contribution in [0, 0.1) is 11.3 Å². The number of rotatable bonds is 6. The van der Waals surface area contributed by atoms with Crippen LogP contribution in [-0.2, 0) is 4.79 Å². The molecule has 1 aliphatic rings. The minimum atomic E-state index is -1.15. The Hall–Kier alpha value is -4.41. The molecule has 1 atom stereocenters. The van der Waals surface area contributed by atoms with Gasteiger partial charge in [0.05, 0.1) is 29.9 Å². The fourth-order valence-corrected chi connectivity index (χ4v) is 3.82. The SMILES string of the molecule is COc1cc(/C=C(/C#N)c2ccc(Cl)cc2)ccc1OC(=O)C(C)N1C(=O)c2ccccc2C1=O. The molecule has 1 unspecified atom stereocenters. The number of allylic oxidation sites excluding steroid dienone is 1. The Morgan fingerprint density at radius 1 is 1.00 bits per heavy atom. The second-order valence-electron chi connectivity index (χ2n) is 7.71. The maximum absolute atomic E-state index is 12.8. The predicted octanol–water partition coefficient (Wildman–Crippen LogP) is 5.00. The zero-order valence-corrected chi connectivity index (χ0v) is 19.6. The van der Waals surface area contributed by atoms with Crippen LogP contribution in [0.25, 0.3) is 11.6 Å². The van der Waals surface area contributed by atoms with Gasteiger partial charge in [-0.25, -0.2) is 4.79 Å². The molecule has 0 saturated heterocycles. The van der Waals surface area contributed by atoms with Crippen molar-refractivity contribution in [3.8, 4) is 17.6 Å². The second-order valence-corrected chi connectivity index (χ2v) is 8.15. The van der Waals surface area contributed by atoms with Gasteiger partial charge in [-0.2, -0.15) is 5.26 Å². The van der Waals surface area contributed by atoms with E-state index >= 15 is 0 Å². The monoisotopic (exact) mass is 486 g/mol. The van der Waals surface area contributed by atoms with E-state index in [2.05, 4.69) is 6.07 Å². The number of amides is 2. The van der Waals surface area contributed by atoms with Crippen LogP contribution in [0.15, 0.2) is 66.7 Å². The first-order chi connectivity index (χ1) is 16.8. The van der Waals surface area contributed by atoms with E-state index in [1.54, 1.807) is 66.7 Å². The fraction of sp³-hybridized carbons (Fsp3) is 0.111. The van der Waals surface area contributed by atoms with E-state index in [1.165, 1.54) is 20.1 Å². The molecule has 3 aromatic rings. The Balaban J connectivity index is 1.55. The lowest BCUT2D eigenvalue weighted by atomic mass is 10.0. The predicted molar refractivity (Wildman–Crippen MR) is 130 cm³/mol. The highest BCUT2D eigenvalue weighted by atomic mass is 35.5. The van der Waals surface area contributed by atoms with Crippen LogP contribution < -0.4 is 9.47 Å². The van der Waals surface area contributed by atoms with Crippen molar-refractivity contribution in [3.05, 3.63) is 94.0 Å². The molecule has 0 aromatic heterocycles. The number of hydrogen-bond donors (Lipinski definition) is 0. The van der Waals surface area contributed by atoms with Gasteiger partial charge < -0.3 is 9.47 Å². The summed E-state index contributed by atoms with van der Waals surface area (Å²) >= 11 is 5.92. The Morgan fingerprint density at radius 3 is 2.20 bits per heavy atom. The van der Waals surface area contributed by atoms with Crippen molar-refractivity contribution in [1.29, 1.82) is 5.26 Å². The van der Waals surface area contributed by atoms with Crippen molar-refractivity contribution in [2.24, 2.45) is 0 Å². The first kappa shape index (κ1) is 23.7. The maximum Gasteiger partial charge on any atom is 0.334 e. The summed E-state index contributed by atoms with van der Waals surface area (Å²) in [6, 6.07) is 19.1. The van der Waals surface area contributed by atoms with Crippen molar-refractivity contribution < 1.29 is 23.9 Å². The van der Waals surface area contributed by atoms with E-state index in [1.807, 2.05) is 0 Å². The number of fused-ring (bicyclic) bond motifs is 1. The molecule has 1 heterocycles. The van der Waals surface area contributed by atoms with E-state index in [9.17, 15) is 19.6 Å². The average molecular weight is 487 g/mol. The third kappa shape index (κ3) is 4.65. The molecule has 0 aliphatic carbocycles.